The predicted octanol–water partition coefficient (Wildman–Crippen LogP) is 2.43. The van der Waals surface area contributed by atoms with Crippen LogP contribution in [0, 0.1) is 0 Å². The van der Waals surface area contributed by atoms with Crippen molar-refractivity contribution in [1.29, 1.82) is 0 Å². The largest absolute Gasteiger partial charge is 0.454 e. The van der Waals surface area contributed by atoms with E-state index in [1.54, 1.807) is 66.7 Å². The van der Waals surface area contributed by atoms with Crippen LogP contribution in [-0.2, 0) is 38.0 Å². The van der Waals surface area contributed by atoms with E-state index in [1.807, 2.05) is 0 Å². The van der Waals surface area contributed by atoms with Crippen molar-refractivity contribution < 1.29 is 62.5 Å². The summed E-state index contributed by atoms with van der Waals surface area (Å²) in [4.78, 5) is 51.7. The van der Waals surface area contributed by atoms with Gasteiger partial charge in [-0.25, -0.2) is 14.4 Å². The fraction of sp³-hybridized carbons (Fsp3) is 0.353. The molecular weight excluding hydrogens is 616 g/mol. The van der Waals surface area contributed by atoms with Crippen LogP contribution in [0.4, 0.5) is 0 Å². The Morgan fingerprint density at radius 3 is 1.55 bits per heavy atom. The van der Waals surface area contributed by atoms with E-state index in [0.717, 1.165) is 6.92 Å². The molecule has 0 radical (unpaired) electrons. The lowest BCUT2D eigenvalue weighted by atomic mass is 9.97. The zero-order chi connectivity index (χ0) is 33.5. The maximum absolute atomic E-state index is 13.4. The molecule has 2 N–H and O–H groups in total. The molecule has 0 unspecified atom stereocenters. The van der Waals surface area contributed by atoms with Crippen LogP contribution >= 0.6 is 0 Å². The smallest absolute Gasteiger partial charge is 0.338 e. The van der Waals surface area contributed by atoms with E-state index in [1.165, 1.54) is 31.2 Å². The summed E-state index contributed by atoms with van der Waals surface area (Å²) in [5.41, 5.74) is 0.524. The van der Waals surface area contributed by atoms with Crippen LogP contribution < -0.4 is 0 Å². The van der Waals surface area contributed by atoms with E-state index in [4.69, 9.17) is 33.2 Å². The van der Waals surface area contributed by atoms with E-state index in [0.29, 0.717) is 0 Å². The second kappa shape index (κ2) is 15.3. The number of ether oxygens (including phenoxy) is 7. The monoisotopic (exact) mass is 650 g/mol. The molecule has 248 valence electrons. The van der Waals surface area contributed by atoms with E-state index in [2.05, 4.69) is 0 Å². The lowest BCUT2D eigenvalue weighted by molar-refractivity contribution is -0.334. The molecule has 0 aliphatic carbocycles. The first kappa shape index (κ1) is 33.7. The highest BCUT2D eigenvalue weighted by molar-refractivity contribution is 5.91. The molecule has 13 heteroatoms. The molecule has 13 nitrogen and oxygen atoms in total. The molecule has 2 aliphatic rings. The lowest BCUT2D eigenvalue weighted by Gasteiger charge is -2.45. The van der Waals surface area contributed by atoms with E-state index in [-0.39, 0.29) is 23.3 Å². The minimum Gasteiger partial charge on any atom is -0.454 e. The Balaban J connectivity index is 1.50. The first-order valence-electron chi connectivity index (χ1n) is 14.9. The second-order valence-electron chi connectivity index (χ2n) is 10.9. The molecule has 0 bridgehead atoms. The van der Waals surface area contributed by atoms with Gasteiger partial charge in [0.15, 0.2) is 37.0 Å². The Kier molecular flexibility index (Phi) is 11.0. The molecule has 3 aromatic rings. The average molecular weight is 651 g/mol. The van der Waals surface area contributed by atoms with E-state index >= 15 is 0 Å². The van der Waals surface area contributed by atoms with Gasteiger partial charge >= 0.3 is 23.9 Å². The van der Waals surface area contributed by atoms with Crippen LogP contribution in [0.15, 0.2) is 91.0 Å². The minimum atomic E-state index is -1.65. The van der Waals surface area contributed by atoms with Gasteiger partial charge in [0.1, 0.15) is 12.2 Å². The first-order valence-corrected chi connectivity index (χ1v) is 14.9. The van der Waals surface area contributed by atoms with Crippen LogP contribution in [0.1, 0.15) is 44.9 Å². The number of carbonyl (C=O) groups is 4. The molecule has 2 aliphatic heterocycles. The van der Waals surface area contributed by atoms with Crippen molar-refractivity contribution in [1.82, 2.24) is 0 Å². The number of carbonyl (C=O) groups excluding carboxylic acids is 4. The Labute approximate surface area is 269 Å². The Bertz CT molecular complexity index is 1520. The Morgan fingerprint density at radius 2 is 1.09 bits per heavy atom. The maximum Gasteiger partial charge on any atom is 0.338 e. The first-order chi connectivity index (χ1) is 22.6. The Morgan fingerprint density at radius 1 is 0.638 bits per heavy atom. The van der Waals surface area contributed by atoms with Crippen LogP contribution in [0.25, 0.3) is 0 Å². The summed E-state index contributed by atoms with van der Waals surface area (Å²) in [5.74, 6) is -3.20. The van der Waals surface area contributed by atoms with Gasteiger partial charge in [0, 0.05) is 6.92 Å². The number of hydrogen-bond acceptors (Lipinski definition) is 13. The van der Waals surface area contributed by atoms with Crippen molar-refractivity contribution in [2.45, 2.75) is 69.2 Å². The van der Waals surface area contributed by atoms with E-state index < -0.39 is 79.2 Å². The summed E-state index contributed by atoms with van der Waals surface area (Å²) in [6.07, 6.45) is -13.0. The average Bonchev–Trinajstić information content (AvgIpc) is 3.08. The topological polar surface area (TPSA) is 173 Å². The van der Waals surface area contributed by atoms with Crippen LogP contribution in [0.5, 0.6) is 0 Å². The Hall–Kier alpha value is -4.66. The number of benzene rings is 3. The van der Waals surface area contributed by atoms with Crippen molar-refractivity contribution in [3.05, 3.63) is 108 Å². The molecule has 5 rings (SSSR count). The molecule has 3 aromatic carbocycles. The third kappa shape index (κ3) is 8.20. The normalized spacial score (nSPS) is 28.8. The second-order valence-corrected chi connectivity index (χ2v) is 10.9. The van der Waals surface area contributed by atoms with Crippen LogP contribution in [0.3, 0.4) is 0 Å². The van der Waals surface area contributed by atoms with Gasteiger partial charge in [-0.1, -0.05) is 54.6 Å². The highest BCUT2D eigenvalue weighted by Crippen LogP contribution is 2.33. The molecule has 0 aromatic heterocycles. The highest BCUT2D eigenvalue weighted by Gasteiger charge is 2.54. The molecule has 0 amide bonds. The van der Waals surface area contributed by atoms with Crippen molar-refractivity contribution >= 4 is 23.9 Å². The number of rotatable bonds is 9. The predicted molar refractivity (Wildman–Crippen MR) is 160 cm³/mol. The third-order valence-electron chi connectivity index (χ3n) is 7.53. The van der Waals surface area contributed by atoms with Crippen molar-refractivity contribution in [3.63, 3.8) is 0 Å². The molecule has 2 fully saturated rings. The third-order valence-corrected chi connectivity index (χ3v) is 7.53. The molecule has 47 heavy (non-hydrogen) atoms. The van der Waals surface area contributed by atoms with Crippen LogP contribution in [0.2, 0.25) is 0 Å². The van der Waals surface area contributed by atoms with Gasteiger partial charge in [0.25, 0.3) is 0 Å². The summed E-state index contributed by atoms with van der Waals surface area (Å²) in [6, 6.07) is 24.1. The van der Waals surface area contributed by atoms with Gasteiger partial charge in [-0.05, 0) is 43.3 Å². The highest BCUT2D eigenvalue weighted by atomic mass is 16.7. The zero-order valence-corrected chi connectivity index (χ0v) is 25.4. The molecule has 0 spiro atoms. The SMILES string of the molecule is CC(=O)O[C@@H]1[C@@H](O)[C@@H](O[C@@H]2O[C@H](C)[C@H](OC(=O)c3ccccc3)[C@H](OC(=O)c3ccccc3)[C@H]2OC(=O)c2ccccc2)CO[C@@H]1O. The molecule has 9 atom stereocenters. The van der Waals surface area contributed by atoms with Crippen molar-refractivity contribution in [2.24, 2.45) is 0 Å². The summed E-state index contributed by atoms with van der Waals surface area (Å²) < 4.78 is 40.1. The molecule has 2 heterocycles. The van der Waals surface area contributed by atoms with Crippen molar-refractivity contribution in [2.75, 3.05) is 6.61 Å². The number of aliphatic hydroxyl groups is 2. The molecular formula is C34H34O13. The van der Waals surface area contributed by atoms with Crippen molar-refractivity contribution in [3.8, 4) is 0 Å². The van der Waals surface area contributed by atoms with Gasteiger partial charge in [-0.2, -0.15) is 0 Å². The quantitative estimate of drug-likeness (QED) is 0.256. The van der Waals surface area contributed by atoms with Crippen LogP contribution in [-0.4, -0.2) is 96.0 Å². The number of aliphatic hydroxyl groups excluding tert-OH is 2. The molecule has 2 saturated heterocycles. The number of esters is 4. The zero-order valence-electron chi connectivity index (χ0n) is 25.4. The lowest BCUT2D eigenvalue weighted by Crippen LogP contribution is -2.64. The van der Waals surface area contributed by atoms with Gasteiger partial charge in [0.05, 0.1) is 29.4 Å². The maximum atomic E-state index is 13.4. The summed E-state index contributed by atoms with van der Waals surface area (Å²) in [5, 5.41) is 21.2. The van der Waals surface area contributed by atoms with Gasteiger partial charge in [-0.3, -0.25) is 4.79 Å². The summed E-state index contributed by atoms with van der Waals surface area (Å²) in [7, 11) is 0. The fourth-order valence-corrected chi connectivity index (χ4v) is 5.18. The summed E-state index contributed by atoms with van der Waals surface area (Å²) >= 11 is 0. The molecule has 0 saturated carbocycles. The number of hydrogen-bond donors (Lipinski definition) is 2. The standard InChI is InChI=1S/C34H34O13/c1-19-26(45-30(37)21-12-6-3-7-13-21)28(46-31(38)22-14-8-4-9-15-22)29(47-32(39)23-16-10-5-11-17-23)34(42-19)44-24-18-41-33(40)27(25(24)36)43-20(2)35/h3-17,19,24-29,33-34,36,40H,18H2,1-2H3/t19-,24+,25+,26+,27-,28+,29-,33+,34+/m1/s1. The van der Waals surface area contributed by atoms with Gasteiger partial charge < -0.3 is 43.4 Å². The van der Waals surface area contributed by atoms with Gasteiger partial charge in [-0.15, -0.1) is 0 Å². The van der Waals surface area contributed by atoms with E-state index in [9.17, 15) is 29.4 Å². The minimum absolute atomic E-state index is 0.148. The summed E-state index contributed by atoms with van der Waals surface area (Å²) in [6.45, 7) is 2.25. The fourth-order valence-electron chi connectivity index (χ4n) is 5.18. The van der Waals surface area contributed by atoms with Gasteiger partial charge in [0.2, 0.25) is 0 Å².